The zero-order valence-electron chi connectivity index (χ0n) is 12.7. The Morgan fingerprint density at radius 1 is 1.29 bits per heavy atom. The number of likely N-dealkylation sites (tertiary alicyclic amines) is 1. The van der Waals surface area contributed by atoms with Crippen molar-refractivity contribution in [2.45, 2.75) is 39.7 Å². The molecule has 0 aliphatic carbocycles. The van der Waals surface area contributed by atoms with Crippen LogP contribution in [0.25, 0.3) is 10.4 Å². The summed E-state index contributed by atoms with van der Waals surface area (Å²) in [5.41, 5.74) is 3.05. The number of aromatic amines is 1. The number of aromatic nitrogens is 1. The molecule has 3 rings (SSSR count). The second-order valence-electron chi connectivity index (χ2n) is 5.77. The van der Waals surface area contributed by atoms with Crippen LogP contribution >= 0.6 is 11.3 Å². The van der Waals surface area contributed by atoms with Gasteiger partial charge in [-0.2, -0.15) is 0 Å². The Morgan fingerprint density at radius 2 is 2.05 bits per heavy atom. The van der Waals surface area contributed by atoms with Crippen LogP contribution in [0.4, 0.5) is 0 Å². The van der Waals surface area contributed by atoms with E-state index in [0.29, 0.717) is 0 Å². The number of hydrogen-bond acceptors (Lipinski definition) is 3. The van der Waals surface area contributed by atoms with Crippen LogP contribution in [0, 0.1) is 6.92 Å². The summed E-state index contributed by atoms with van der Waals surface area (Å²) in [5, 5.41) is 0. The molecule has 112 valence electrons. The van der Waals surface area contributed by atoms with E-state index in [2.05, 4.69) is 28.1 Å². The molecule has 1 fully saturated rings. The van der Waals surface area contributed by atoms with Crippen molar-refractivity contribution in [2.75, 3.05) is 13.1 Å². The molecule has 21 heavy (non-hydrogen) atoms. The van der Waals surface area contributed by atoms with Crippen molar-refractivity contribution in [3.63, 3.8) is 0 Å². The van der Waals surface area contributed by atoms with E-state index in [9.17, 15) is 4.79 Å². The zero-order chi connectivity index (χ0) is 14.8. The maximum atomic E-state index is 11.8. The van der Waals surface area contributed by atoms with Gasteiger partial charge in [0.1, 0.15) is 0 Å². The quantitative estimate of drug-likeness (QED) is 0.937. The average molecular weight is 302 g/mol. The lowest BCUT2D eigenvalue weighted by Gasteiger charge is -2.12. The minimum atomic E-state index is 0.0487. The van der Waals surface area contributed by atoms with Gasteiger partial charge in [-0.1, -0.05) is 6.92 Å². The summed E-state index contributed by atoms with van der Waals surface area (Å²) < 4.78 is 0. The van der Waals surface area contributed by atoms with E-state index < -0.39 is 0 Å². The molecule has 0 radical (unpaired) electrons. The Labute approximate surface area is 129 Å². The number of rotatable bonds is 4. The van der Waals surface area contributed by atoms with Crippen LogP contribution in [-0.2, 0) is 13.0 Å². The first-order valence-electron chi connectivity index (χ1n) is 7.71. The summed E-state index contributed by atoms with van der Waals surface area (Å²) in [6, 6.07) is 6.48. The smallest absolute Gasteiger partial charge is 0.251 e. The van der Waals surface area contributed by atoms with E-state index in [1.165, 1.54) is 41.2 Å². The Bertz CT molecular complexity index is 680. The van der Waals surface area contributed by atoms with Gasteiger partial charge in [0, 0.05) is 33.1 Å². The number of aryl methyl sites for hydroxylation is 2. The molecule has 3 nitrogen and oxygen atoms in total. The number of nitrogens with one attached hydrogen (secondary N) is 1. The van der Waals surface area contributed by atoms with Gasteiger partial charge in [0.15, 0.2) is 0 Å². The fraction of sp³-hybridized carbons (Fsp3) is 0.471. The van der Waals surface area contributed by atoms with Crippen molar-refractivity contribution in [2.24, 2.45) is 0 Å². The molecule has 0 bridgehead atoms. The molecule has 0 aromatic carbocycles. The van der Waals surface area contributed by atoms with Gasteiger partial charge in [-0.05, 0) is 57.5 Å². The van der Waals surface area contributed by atoms with Gasteiger partial charge < -0.3 is 4.98 Å². The Morgan fingerprint density at radius 3 is 2.76 bits per heavy atom. The second kappa shape index (κ2) is 6.16. The van der Waals surface area contributed by atoms with Gasteiger partial charge in [0.05, 0.1) is 0 Å². The highest BCUT2D eigenvalue weighted by Gasteiger charge is 2.14. The van der Waals surface area contributed by atoms with Crippen LogP contribution in [0.2, 0.25) is 0 Å². The predicted octanol–water partition coefficient (Wildman–Crippen LogP) is 3.57. The summed E-state index contributed by atoms with van der Waals surface area (Å²) in [6.45, 7) is 7.52. The molecule has 0 saturated carbocycles. The molecule has 4 heteroatoms. The van der Waals surface area contributed by atoms with Crippen LogP contribution in [0.1, 0.15) is 35.9 Å². The standard InChI is InChI=1S/C17H22N2OS/c1-3-13-10-15(12(2)18-17(13)20)16-7-6-14(21-16)11-19-8-4-5-9-19/h6-7,10H,3-5,8-9,11H2,1-2H3,(H,18,20). The molecular formula is C17H22N2OS. The van der Waals surface area contributed by atoms with Crippen LogP contribution in [0.15, 0.2) is 23.0 Å². The summed E-state index contributed by atoms with van der Waals surface area (Å²) in [5.74, 6) is 0. The molecule has 1 aliphatic heterocycles. The van der Waals surface area contributed by atoms with Crippen LogP contribution in [0.3, 0.4) is 0 Å². The molecular weight excluding hydrogens is 280 g/mol. The van der Waals surface area contributed by atoms with E-state index in [1.54, 1.807) is 0 Å². The fourth-order valence-corrected chi connectivity index (χ4v) is 4.08. The van der Waals surface area contributed by atoms with Crippen LogP contribution < -0.4 is 5.56 Å². The van der Waals surface area contributed by atoms with Crippen LogP contribution in [0.5, 0.6) is 0 Å². The molecule has 1 N–H and O–H groups in total. The first-order valence-corrected chi connectivity index (χ1v) is 8.53. The molecule has 0 amide bonds. The Balaban J connectivity index is 1.87. The molecule has 1 aliphatic rings. The normalized spacial score (nSPS) is 15.7. The summed E-state index contributed by atoms with van der Waals surface area (Å²) in [7, 11) is 0. The lowest BCUT2D eigenvalue weighted by atomic mass is 10.1. The van der Waals surface area contributed by atoms with Gasteiger partial charge in [-0.25, -0.2) is 0 Å². The zero-order valence-corrected chi connectivity index (χ0v) is 13.6. The third kappa shape index (κ3) is 3.11. The van der Waals surface area contributed by atoms with Gasteiger partial charge in [0.2, 0.25) is 0 Å². The fourth-order valence-electron chi connectivity index (χ4n) is 2.95. The highest BCUT2D eigenvalue weighted by atomic mass is 32.1. The monoisotopic (exact) mass is 302 g/mol. The summed E-state index contributed by atoms with van der Waals surface area (Å²) >= 11 is 1.85. The average Bonchev–Trinajstić information content (AvgIpc) is 3.11. The molecule has 1 saturated heterocycles. The Hall–Kier alpha value is -1.39. The maximum absolute atomic E-state index is 11.8. The minimum absolute atomic E-state index is 0.0487. The first kappa shape index (κ1) is 14.5. The van der Waals surface area contributed by atoms with E-state index in [0.717, 1.165) is 24.2 Å². The van der Waals surface area contributed by atoms with Crippen molar-refractivity contribution < 1.29 is 0 Å². The van der Waals surface area contributed by atoms with Crippen LogP contribution in [-0.4, -0.2) is 23.0 Å². The molecule has 2 aromatic heterocycles. The molecule has 2 aromatic rings. The van der Waals surface area contributed by atoms with E-state index >= 15 is 0 Å². The second-order valence-corrected chi connectivity index (χ2v) is 6.93. The number of H-pyrrole nitrogens is 1. The third-order valence-corrected chi connectivity index (χ3v) is 5.30. The summed E-state index contributed by atoms with van der Waals surface area (Å²) in [6.07, 6.45) is 3.43. The highest BCUT2D eigenvalue weighted by Crippen LogP contribution is 2.31. The lowest BCUT2D eigenvalue weighted by molar-refractivity contribution is 0.334. The molecule has 0 spiro atoms. The Kier molecular flexibility index (Phi) is 4.27. The molecule has 0 atom stereocenters. The van der Waals surface area contributed by atoms with Crippen molar-refractivity contribution in [3.8, 4) is 10.4 Å². The predicted molar refractivity (Wildman–Crippen MR) is 89.0 cm³/mol. The maximum Gasteiger partial charge on any atom is 0.251 e. The van der Waals surface area contributed by atoms with Crippen molar-refractivity contribution in [3.05, 3.63) is 44.7 Å². The lowest BCUT2D eigenvalue weighted by Crippen LogP contribution is -2.17. The van der Waals surface area contributed by atoms with E-state index in [1.807, 2.05) is 25.2 Å². The van der Waals surface area contributed by atoms with Gasteiger partial charge in [0.25, 0.3) is 5.56 Å². The van der Waals surface area contributed by atoms with Crippen molar-refractivity contribution >= 4 is 11.3 Å². The number of pyridine rings is 1. The summed E-state index contributed by atoms with van der Waals surface area (Å²) in [4.78, 5) is 20.0. The number of nitrogens with zero attached hydrogens (tertiary/aromatic N) is 1. The largest absolute Gasteiger partial charge is 0.326 e. The topological polar surface area (TPSA) is 36.1 Å². The molecule has 3 heterocycles. The molecule has 0 unspecified atom stereocenters. The van der Waals surface area contributed by atoms with Crippen molar-refractivity contribution in [1.29, 1.82) is 0 Å². The first-order chi connectivity index (χ1) is 10.2. The third-order valence-electron chi connectivity index (χ3n) is 4.20. The van der Waals surface area contributed by atoms with Gasteiger partial charge in [-0.15, -0.1) is 11.3 Å². The SMILES string of the molecule is CCc1cc(-c2ccc(CN3CCCC3)s2)c(C)[nH]c1=O. The van der Waals surface area contributed by atoms with E-state index in [-0.39, 0.29) is 5.56 Å². The number of hydrogen-bond donors (Lipinski definition) is 1. The van der Waals surface area contributed by atoms with Gasteiger partial charge >= 0.3 is 0 Å². The van der Waals surface area contributed by atoms with Gasteiger partial charge in [-0.3, -0.25) is 9.69 Å². The number of thiophene rings is 1. The van der Waals surface area contributed by atoms with E-state index in [4.69, 9.17) is 0 Å². The van der Waals surface area contributed by atoms with Crippen molar-refractivity contribution in [1.82, 2.24) is 9.88 Å². The highest BCUT2D eigenvalue weighted by molar-refractivity contribution is 7.15. The minimum Gasteiger partial charge on any atom is -0.326 e.